The van der Waals surface area contributed by atoms with Gasteiger partial charge in [0.05, 0.1) is 17.0 Å². The normalized spacial score (nSPS) is 13.0. The molecule has 226 valence electrons. The minimum atomic E-state index is -0.624. The molecule has 0 atom stereocenters. The third kappa shape index (κ3) is 3.82. The Morgan fingerprint density at radius 3 is 1.51 bits per heavy atom. The van der Waals surface area contributed by atoms with E-state index in [4.69, 9.17) is 15.0 Å². The standard InChI is InChI=1S/C45H26N4/c46-27-31-26-40-41(35-20-8-7-17-32(31)35)36-24-23-30(25-39(36)45(40)37-21-11-9-18-33(37)34-19-10-12-22-38(34)45)44-48-42(28-13-3-1-4-14-28)47-43(49-44)29-15-5-2-6-16-29/h1-26H. The highest BCUT2D eigenvalue weighted by atomic mass is 15.0. The molecule has 2 aliphatic carbocycles. The summed E-state index contributed by atoms with van der Waals surface area (Å²) in [5, 5.41) is 12.5. The van der Waals surface area contributed by atoms with Gasteiger partial charge in [-0.3, -0.25) is 0 Å². The van der Waals surface area contributed by atoms with Gasteiger partial charge in [-0.2, -0.15) is 5.26 Å². The molecule has 2 aliphatic rings. The van der Waals surface area contributed by atoms with Crippen LogP contribution < -0.4 is 0 Å². The van der Waals surface area contributed by atoms with Crippen LogP contribution in [-0.4, -0.2) is 15.0 Å². The quantitative estimate of drug-likeness (QED) is 0.197. The van der Waals surface area contributed by atoms with Crippen LogP contribution in [0.15, 0.2) is 158 Å². The van der Waals surface area contributed by atoms with Crippen LogP contribution in [0.25, 0.3) is 67.2 Å². The van der Waals surface area contributed by atoms with E-state index in [9.17, 15) is 5.26 Å². The van der Waals surface area contributed by atoms with Gasteiger partial charge < -0.3 is 0 Å². The number of hydrogen-bond donors (Lipinski definition) is 0. The Morgan fingerprint density at radius 1 is 0.408 bits per heavy atom. The Kier molecular flexibility index (Phi) is 5.82. The van der Waals surface area contributed by atoms with E-state index in [0.29, 0.717) is 23.0 Å². The molecule has 0 bridgehead atoms. The van der Waals surface area contributed by atoms with E-state index in [1.807, 2.05) is 66.7 Å². The number of fused-ring (bicyclic) bond motifs is 12. The van der Waals surface area contributed by atoms with Crippen LogP contribution in [0.4, 0.5) is 0 Å². The lowest BCUT2D eigenvalue weighted by atomic mass is 9.70. The average Bonchev–Trinajstić information content (AvgIpc) is 3.65. The molecule has 0 aliphatic heterocycles. The van der Waals surface area contributed by atoms with Crippen LogP contribution in [0.1, 0.15) is 27.8 Å². The Morgan fingerprint density at radius 2 is 0.918 bits per heavy atom. The third-order valence-corrected chi connectivity index (χ3v) is 10.2. The van der Waals surface area contributed by atoms with Crippen LogP contribution in [0, 0.1) is 11.3 Å². The summed E-state index contributed by atoms with van der Waals surface area (Å²) < 4.78 is 0. The van der Waals surface area contributed by atoms with Crippen molar-refractivity contribution < 1.29 is 0 Å². The highest BCUT2D eigenvalue weighted by Gasteiger charge is 2.52. The Labute approximate surface area is 283 Å². The SMILES string of the molecule is N#Cc1cc2c(c3ccccc13)-c1ccc(-c3nc(-c4ccccc4)nc(-c4ccccc4)n3)cc1C21c2ccccc2-c2ccccc21. The molecular formula is C45H26N4. The first kappa shape index (κ1) is 27.4. The predicted molar refractivity (Wildman–Crippen MR) is 195 cm³/mol. The molecule has 8 aromatic rings. The third-order valence-electron chi connectivity index (χ3n) is 10.2. The molecule has 0 N–H and O–H groups in total. The molecule has 0 saturated carbocycles. The van der Waals surface area contributed by atoms with Crippen LogP contribution in [0.2, 0.25) is 0 Å². The maximum atomic E-state index is 10.5. The fraction of sp³-hybridized carbons (Fsp3) is 0.0222. The first-order chi connectivity index (χ1) is 24.3. The number of nitriles is 1. The van der Waals surface area contributed by atoms with Crippen LogP contribution >= 0.6 is 0 Å². The van der Waals surface area contributed by atoms with Crippen molar-refractivity contribution in [3.8, 4) is 62.5 Å². The van der Waals surface area contributed by atoms with Crippen molar-refractivity contribution in [2.75, 3.05) is 0 Å². The average molecular weight is 623 g/mol. The van der Waals surface area contributed by atoms with Gasteiger partial charge in [0, 0.05) is 22.1 Å². The molecule has 0 amide bonds. The highest BCUT2D eigenvalue weighted by Crippen LogP contribution is 2.64. The molecule has 0 radical (unpaired) electrons. The summed E-state index contributed by atoms with van der Waals surface area (Å²) in [6.45, 7) is 0. The molecule has 1 aromatic heterocycles. The Bertz CT molecular complexity index is 2570. The van der Waals surface area contributed by atoms with Crippen molar-refractivity contribution in [2.45, 2.75) is 5.41 Å². The molecule has 4 nitrogen and oxygen atoms in total. The summed E-state index contributed by atoms with van der Waals surface area (Å²) in [4.78, 5) is 15.1. The minimum Gasteiger partial charge on any atom is -0.208 e. The zero-order valence-electron chi connectivity index (χ0n) is 26.3. The van der Waals surface area contributed by atoms with Gasteiger partial charge in [0.2, 0.25) is 0 Å². The van der Waals surface area contributed by atoms with Gasteiger partial charge in [-0.1, -0.05) is 146 Å². The summed E-state index contributed by atoms with van der Waals surface area (Å²) in [7, 11) is 0. The summed E-state index contributed by atoms with van der Waals surface area (Å²) >= 11 is 0. The number of benzene rings is 7. The van der Waals surface area contributed by atoms with Gasteiger partial charge in [0.15, 0.2) is 17.5 Å². The largest absolute Gasteiger partial charge is 0.208 e. The van der Waals surface area contributed by atoms with Gasteiger partial charge >= 0.3 is 0 Å². The second-order valence-corrected chi connectivity index (χ2v) is 12.6. The number of hydrogen-bond acceptors (Lipinski definition) is 4. The Hall–Kier alpha value is -6.70. The van der Waals surface area contributed by atoms with E-state index in [2.05, 4.69) is 97.1 Å². The molecular weight excluding hydrogens is 597 g/mol. The van der Waals surface area contributed by atoms with Crippen LogP contribution in [-0.2, 0) is 5.41 Å². The van der Waals surface area contributed by atoms with E-state index in [0.717, 1.165) is 38.6 Å². The van der Waals surface area contributed by atoms with Gasteiger partial charge in [0.1, 0.15) is 0 Å². The topological polar surface area (TPSA) is 62.5 Å². The molecule has 1 spiro atoms. The first-order valence-electron chi connectivity index (χ1n) is 16.4. The zero-order chi connectivity index (χ0) is 32.5. The monoisotopic (exact) mass is 622 g/mol. The predicted octanol–water partition coefficient (Wildman–Crippen LogP) is 10.2. The molecule has 4 heteroatoms. The minimum absolute atomic E-state index is 0.615. The van der Waals surface area contributed by atoms with Crippen molar-refractivity contribution in [3.05, 3.63) is 186 Å². The Balaban J connectivity index is 1.31. The van der Waals surface area contributed by atoms with Gasteiger partial charge in [-0.05, 0) is 62.0 Å². The second-order valence-electron chi connectivity index (χ2n) is 12.6. The molecule has 7 aromatic carbocycles. The molecule has 10 rings (SSSR count). The van der Waals surface area contributed by atoms with E-state index in [-0.39, 0.29) is 0 Å². The summed E-state index contributed by atoms with van der Waals surface area (Å²) in [5.41, 5.74) is 12.3. The van der Waals surface area contributed by atoms with Crippen molar-refractivity contribution in [2.24, 2.45) is 0 Å². The lowest BCUT2D eigenvalue weighted by Crippen LogP contribution is -2.26. The molecule has 49 heavy (non-hydrogen) atoms. The number of aromatic nitrogens is 3. The number of rotatable bonds is 3. The lowest BCUT2D eigenvalue weighted by Gasteiger charge is -2.31. The smallest absolute Gasteiger partial charge is 0.164 e. The summed E-state index contributed by atoms with van der Waals surface area (Å²) in [6.07, 6.45) is 0. The van der Waals surface area contributed by atoms with E-state index >= 15 is 0 Å². The molecule has 0 fully saturated rings. The van der Waals surface area contributed by atoms with Gasteiger partial charge in [-0.25, -0.2) is 15.0 Å². The van der Waals surface area contributed by atoms with Crippen molar-refractivity contribution in [1.29, 1.82) is 5.26 Å². The van der Waals surface area contributed by atoms with Crippen molar-refractivity contribution >= 4 is 10.8 Å². The van der Waals surface area contributed by atoms with Gasteiger partial charge in [0.25, 0.3) is 0 Å². The summed E-state index contributed by atoms with van der Waals surface area (Å²) in [6, 6.07) is 57.2. The van der Waals surface area contributed by atoms with Gasteiger partial charge in [-0.15, -0.1) is 0 Å². The second kappa shape index (κ2) is 10.4. The summed E-state index contributed by atoms with van der Waals surface area (Å²) in [5.74, 6) is 1.87. The fourth-order valence-corrected chi connectivity index (χ4v) is 8.16. The molecule has 0 unspecified atom stereocenters. The van der Waals surface area contributed by atoms with Crippen LogP contribution in [0.3, 0.4) is 0 Å². The first-order valence-corrected chi connectivity index (χ1v) is 16.4. The maximum Gasteiger partial charge on any atom is 0.164 e. The molecule has 1 heterocycles. The van der Waals surface area contributed by atoms with E-state index in [1.165, 1.54) is 33.4 Å². The molecule has 0 saturated heterocycles. The maximum absolute atomic E-state index is 10.5. The van der Waals surface area contributed by atoms with Crippen molar-refractivity contribution in [1.82, 2.24) is 15.0 Å². The van der Waals surface area contributed by atoms with Crippen molar-refractivity contribution in [3.63, 3.8) is 0 Å². The van der Waals surface area contributed by atoms with Crippen LogP contribution in [0.5, 0.6) is 0 Å². The fourth-order valence-electron chi connectivity index (χ4n) is 8.16. The highest BCUT2D eigenvalue weighted by molar-refractivity contribution is 6.08. The van der Waals surface area contributed by atoms with E-state index < -0.39 is 5.41 Å². The van der Waals surface area contributed by atoms with E-state index in [1.54, 1.807) is 0 Å². The number of nitrogens with zero attached hydrogens (tertiary/aromatic N) is 4. The lowest BCUT2D eigenvalue weighted by molar-refractivity contribution is 0.794. The zero-order valence-corrected chi connectivity index (χ0v) is 26.3.